The van der Waals surface area contributed by atoms with Crippen molar-refractivity contribution in [2.24, 2.45) is 0 Å². The highest BCUT2D eigenvalue weighted by molar-refractivity contribution is 6.05. The zero-order chi connectivity index (χ0) is 19.9. The molecule has 2 N–H and O–H groups in total. The van der Waals surface area contributed by atoms with Gasteiger partial charge >= 0.3 is 0 Å². The van der Waals surface area contributed by atoms with Crippen molar-refractivity contribution in [3.8, 4) is 0 Å². The molecule has 148 valence electrons. The number of amides is 2. The second-order valence-corrected chi connectivity index (χ2v) is 7.33. The van der Waals surface area contributed by atoms with E-state index in [0.29, 0.717) is 16.8 Å². The van der Waals surface area contributed by atoms with Crippen LogP contribution in [0.5, 0.6) is 0 Å². The van der Waals surface area contributed by atoms with Gasteiger partial charge in [-0.1, -0.05) is 31.2 Å². The third-order valence-corrected chi connectivity index (χ3v) is 5.24. The molecule has 1 fully saturated rings. The monoisotopic (exact) mass is 379 g/mol. The van der Waals surface area contributed by atoms with Gasteiger partial charge in [0.15, 0.2) is 0 Å². The maximum absolute atomic E-state index is 13.2. The Bertz CT molecular complexity index is 814. The van der Waals surface area contributed by atoms with Gasteiger partial charge in [-0.3, -0.25) is 9.59 Å². The molecule has 1 heterocycles. The van der Waals surface area contributed by atoms with E-state index in [0.717, 1.165) is 44.5 Å². The smallest absolute Gasteiger partial charge is 0.255 e. The van der Waals surface area contributed by atoms with E-state index in [-0.39, 0.29) is 17.9 Å². The van der Waals surface area contributed by atoms with E-state index in [1.807, 2.05) is 48.2 Å². The van der Waals surface area contributed by atoms with E-state index in [2.05, 4.69) is 17.6 Å². The standard InChI is InChI=1S/C23H29N3O2/c1-3-15-26(20-11-13-24-14-12-20)23(28)19-10-9-17(2)21(16-19)25-22(27)18-7-5-4-6-8-18/h4-10,16,20,24H,3,11-15H2,1-2H3,(H,25,27). The molecule has 0 radical (unpaired) electrons. The molecule has 5 heteroatoms. The largest absolute Gasteiger partial charge is 0.336 e. The molecule has 28 heavy (non-hydrogen) atoms. The Labute approximate surface area is 167 Å². The van der Waals surface area contributed by atoms with E-state index >= 15 is 0 Å². The summed E-state index contributed by atoms with van der Waals surface area (Å²) in [5.74, 6) is -0.124. The van der Waals surface area contributed by atoms with Crippen molar-refractivity contribution < 1.29 is 9.59 Å². The molecule has 0 atom stereocenters. The number of hydrogen-bond acceptors (Lipinski definition) is 3. The van der Waals surface area contributed by atoms with Gasteiger partial charge in [0.2, 0.25) is 0 Å². The number of benzene rings is 2. The number of nitrogens with zero attached hydrogens (tertiary/aromatic N) is 1. The summed E-state index contributed by atoms with van der Waals surface area (Å²) in [7, 11) is 0. The minimum Gasteiger partial charge on any atom is -0.336 e. The highest BCUT2D eigenvalue weighted by Crippen LogP contribution is 2.22. The number of hydrogen-bond donors (Lipinski definition) is 2. The van der Waals surface area contributed by atoms with Crippen molar-refractivity contribution in [3.63, 3.8) is 0 Å². The van der Waals surface area contributed by atoms with Gasteiger partial charge in [0, 0.05) is 29.4 Å². The molecule has 0 saturated carbocycles. The lowest BCUT2D eigenvalue weighted by atomic mass is 10.0. The van der Waals surface area contributed by atoms with Crippen LogP contribution in [-0.4, -0.2) is 42.4 Å². The summed E-state index contributed by atoms with van der Waals surface area (Å²) in [5.41, 5.74) is 2.84. The van der Waals surface area contributed by atoms with E-state index in [1.165, 1.54) is 0 Å². The number of piperidine rings is 1. The van der Waals surface area contributed by atoms with Gasteiger partial charge in [-0.25, -0.2) is 0 Å². The first kappa shape index (κ1) is 20.1. The number of carbonyl (C=O) groups excluding carboxylic acids is 2. The molecule has 2 aromatic rings. The molecule has 0 aromatic heterocycles. The van der Waals surface area contributed by atoms with Crippen LogP contribution in [0, 0.1) is 6.92 Å². The fourth-order valence-corrected chi connectivity index (χ4v) is 3.65. The summed E-state index contributed by atoms with van der Waals surface area (Å²) in [6, 6.07) is 15.0. The summed E-state index contributed by atoms with van der Waals surface area (Å²) in [5, 5.41) is 6.31. The zero-order valence-corrected chi connectivity index (χ0v) is 16.7. The summed E-state index contributed by atoms with van der Waals surface area (Å²) in [6.45, 7) is 6.69. The van der Waals surface area contributed by atoms with Gasteiger partial charge in [0.25, 0.3) is 11.8 Å². The second-order valence-electron chi connectivity index (χ2n) is 7.33. The van der Waals surface area contributed by atoms with Crippen molar-refractivity contribution >= 4 is 17.5 Å². The van der Waals surface area contributed by atoms with Gasteiger partial charge in [-0.2, -0.15) is 0 Å². The van der Waals surface area contributed by atoms with E-state index in [4.69, 9.17) is 0 Å². The molecular formula is C23H29N3O2. The Morgan fingerprint density at radius 3 is 2.46 bits per heavy atom. The van der Waals surface area contributed by atoms with Crippen LogP contribution in [0.1, 0.15) is 52.5 Å². The first-order valence-electron chi connectivity index (χ1n) is 10.1. The van der Waals surface area contributed by atoms with E-state index in [9.17, 15) is 9.59 Å². The van der Waals surface area contributed by atoms with Crippen molar-refractivity contribution in [1.29, 1.82) is 0 Å². The van der Waals surface area contributed by atoms with Crippen LogP contribution < -0.4 is 10.6 Å². The topological polar surface area (TPSA) is 61.4 Å². The Morgan fingerprint density at radius 1 is 1.07 bits per heavy atom. The molecule has 5 nitrogen and oxygen atoms in total. The first-order chi connectivity index (χ1) is 13.6. The van der Waals surface area contributed by atoms with Crippen LogP contribution in [0.15, 0.2) is 48.5 Å². The van der Waals surface area contributed by atoms with Crippen molar-refractivity contribution in [1.82, 2.24) is 10.2 Å². The number of nitrogens with one attached hydrogen (secondary N) is 2. The maximum atomic E-state index is 13.2. The van der Waals surface area contributed by atoms with Crippen LogP contribution in [-0.2, 0) is 0 Å². The highest BCUT2D eigenvalue weighted by Gasteiger charge is 2.26. The molecule has 1 aliphatic rings. The highest BCUT2D eigenvalue weighted by atomic mass is 16.2. The Kier molecular flexibility index (Phi) is 6.82. The summed E-state index contributed by atoms with van der Waals surface area (Å²) < 4.78 is 0. The number of carbonyl (C=O) groups is 2. The number of aryl methyl sites for hydroxylation is 1. The van der Waals surface area contributed by atoms with E-state index in [1.54, 1.807) is 12.1 Å². The van der Waals surface area contributed by atoms with Crippen molar-refractivity contribution in [3.05, 3.63) is 65.2 Å². The third kappa shape index (κ3) is 4.78. The summed E-state index contributed by atoms with van der Waals surface area (Å²) >= 11 is 0. The van der Waals surface area contributed by atoms with Gasteiger partial charge in [-0.05, 0) is 69.1 Å². The van der Waals surface area contributed by atoms with Gasteiger partial charge in [0.05, 0.1) is 0 Å². The maximum Gasteiger partial charge on any atom is 0.255 e. The SMILES string of the molecule is CCCN(C(=O)c1ccc(C)c(NC(=O)c2ccccc2)c1)C1CCNCC1. The predicted octanol–water partition coefficient (Wildman–Crippen LogP) is 3.85. The quantitative estimate of drug-likeness (QED) is 0.801. The predicted molar refractivity (Wildman–Crippen MR) is 113 cm³/mol. The minimum absolute atomic E-state index is 0.0453. The molecule has 2 aromatic carbocycles. The van der Waals surface area contributed by atoms with Crippen LogP contribution in [0.4, 0.5) is 5.69 Å². The lowest BCUT2D eigenvalue weighted by Gasteiger charge is -2.34. The third-order valence-electron chi connectivity index (χ3n) is 5.24. The molecule has 0 aliphatic carbocycles. The lowest BCUT2D eigenvalue weighted by molar-refractivity contribution is 0.0642. The van der Waals surface area contributed by atoms with Gasteiger partial charge in [-0.15, -0.1) is 0 Å². The average molecular weight is 380 g/mol. The molecule has 2 amide bonds. The van der Waals surface area contributed by atoms with E-state index < -0.39 is 0 Å². The van der Waals surface area contributed by atoms with Crippen LogP contribution in [0.25, 0.3) is 0 Å². The fraction of sp³-hybridized carbons (Fsp3) is 0.391. The number of rotatable bonds is 6. The molecule has 0 unspecified atom stereocenters. The van der Waals surface area contributed by atoms with Crippen molar-refractivity contribution in [2.75, 3.05) is 25.0 Å². The molecular weight excluding hydrogens is 350 g/mol. The average Bonchev–Trinajstić information content (AvgIpc) is 2.74. The molecule has 0 bridgehead atoms. The normalized spacial score (nSPS) is 14.5. The number of anilines is 1. The Hall–Kier alpha value is -2.66. The van der Waals surface area contributed by atoms with Crippen LogP contribution in [0.2, 0.25) is 0 Å². The Balaban J connectivity index is 1.80. The van der Waals surface area contributed by atoms with Crippen LogP contribution >= 0.6 is 0 Å². The fourth-order valence-electron chi connectivity index (χ4n) is 3.65. The second kappa shape index (κ2) is 9.51. The Morgan fingerprint density at radius 2 is 1.79 bits per heavy atom. The lowest BCUT2D eigenvalue weighted by Crippen LogP contribution is -2.46. The first-order valence-corrected chi connectivity index (χ1v) is 10.1. The van der Waals surface area contributed by atoms with Crippen LogP contribution in [0.3, 0.4) is 0 Å². The molecule has 1 saturated heterocycles. The van der Waals surface area contributed by atoms with Crippen molar-refractivity contribution in [2.45, 2.75) is 39.2 Å². The molecule has 1 aliphatic heterocycles. The minimum atomic E-state index is -0.169. The summed E-state index contributed by atoms with van der Waals surface area (Å²) in [6.07, 6.45) is 2.89. The van der Waals surface area contributed by atoms with Gasteiger partial charge in [0.1, 0.15) is 0 Å². The zero-order valence-electron chi connectivity index (χ0n) is 16.7. The molecule has 3 rings (SSSR count). The summed E-state index contributed by atoms with van der Waals surface area (Å²) in [4.78, 5) is 27.8. The molecule has 0 spiro atoms. The van der Waals surface area contributed by atoms with Gasteiger partial charge < -0.3 is 15.5 Å².